The van der Waals surface area contributed by atoms with Crippen molar-refractivity contribution in [2.24, 2.45) is 10.6 Å². The number of rotatable bonds is 15. The average Bonchev–Trinajstić information content (AvgIpc) is 3.11. The fourth-order valence-electron chi connectivity index (χ4n) is 5.78. The Labute approximate surface area is 258 Å². The number of benzene rings is 2. The van der Waals surface area contributed by atoms with E-state index >= 15 is 0 Å². The molecule has 6 atom stereocenters. The Balaban J connectivity index is 2.02. The van der Waals surface area contributed by atoms with E-state index in [4.69, 9.17) is 0 Å². The van der Waals surface area contributed by atoms with Gasteiger partial charge in [-0.15, -0.1) is 11.8 Å². The number of fused-ring (bicyclic) bond motifs is 1. The third-order valence-corrected chi connectivity index (χ3v) is 9.87. The number of thioether (sulfide) groups is 1. The van der Waals surface area contributed by atoms with Crippen molar-refractivity contribution < 1.29 is 30.3 Å². The number of unbranched alkanes of at least 4 members (excludes halogenated alkanes) is 2. The lowest BCUT2D eigenvalue weighted by Gasteiger charge is -2.41. The van der Waals surface area contributed by atoms with E-state index in [1.165, 1.54) is 0 Å². The Bertz CT molecular complexity index is 1210. The SMILES string of the molecule is CCCCC1(CCCC)CSc2ccc(N(C)C)cc2C(c2cccc(NC(=O)[C@H](O)[C@@H](O)[C@H](O)C(O)CN=O)c2)C1O. The number of aliphatic hydroxyl groups excluding tert-OH is 5. The second kappa shape index (κ2) is 16.0. The van der Waals surface area contributed by atoms with E-state index in [0.717, 1.165) is 66.0 Å². The first-order valence-corrected chi connectivity index (χ1v) is 16.0. The van der Waals surface area contributed by atoms with Gasteiger partial charge in [-0.05, 0) is 54.3 Å². The van der Waals surface area contributed by atoms with Crippen LogP contribution in [0.15, 0.2) is 52.5 Å². The molecular formula is C32H47N3O7S. The Morgan fingerprint density at radius 3 is 2.33 bits per heavy atom. The summed E-state index contributed by atoms with van der Waals surface area (Å²) in [5, 5.41) is 57.8. The molecule has 3 rings (SSSR count). The second-order valence-corrected chi connectivity index (χ2v) is 12.8. The Morgan fingerprint density at radius 2 is 1.72 bits per heavy atom. The minimum Gasteiger partial charge on any atom is -0.392 e. The smallest absolute Gasteiger partial charge is 0.256 e. The number of carbonyl (C=O) groups is 1. The minimum atomic E-state index is -2.08. The number of anilines is 2. The lowest BCUT2D eigenvalue weighted by atomic mass is 9.68. The molecule has 3 unspecified atom stereocenters. The summed E-state index contributed by atoms with van der Waals surface area (Å²) in [6, 6.07) is 13.4. The molecule has 10 nitrogen and oxygen atoms in total. The average molecular weight is 618 g/mol. The molecule has 238 valence electrons. The molecule has 0 bridgehead atoms. The molecule has 1 aliphatic heterocycles. The molecular weight excluding hydrogens is 570 g/mol. The number of hydrogen-bond donors (Lipinski definition) is 6. The van der Waals surface area contributed by atoms with Crippen molar-refractivity contribution >= 4 is 29.0 Å². The first kappa shape index (κ1) is 34.9. The van der Waals surface area contributed by atoms with Crippen LogP contribution in [-0.4, -0.2) is 88.4 Å². The lowest BCUT2D eigenvalue weighted by molar-refractivity contribution is -0.141. The third-order valence-electron chi connectivity index (χ3n) is 8.47. The molecule has 2 aromatic carbocycles. The van der Waals surface area contributed by atoms with Gasteiger partial charge in [-0.3, -0.25) is 4.79 Å². The first-order chi connectivity index (χ1) is 20.5. The molecule has 0 aliphatic carbocycles. The lowest BCUT2D eigenvalue weighted by Crippen LogP contribution is -2.49. The highest BCUT2D eigenvalue weighted by atomic mass is 32.2. The fraction of sp³-hybridized carbons (Fsp3) is 0.594. The van der Waals surface area contributed by atoms with Gasteiger partial charge in [-0.1, -0.05) is 56.8 Å². The van der Waals surface area contributed by atoms with Gasteiger partial charge in [0.15, 0.2) is 6.10 Å². The van der Waals surface area contributed by atoms with Crippen molar-refractivity contribution in [3.63, 3.8) is 0 Å². The number of hydrogen-bond acceptors (Lipinski definition) is 10. The fourth-order valence-corrected chi connectivity index (χ4v) is 7.20. The molecule has 0 spiro atoms. The van der Waals surface area contributed by atoms with Gasteiger partial charge in [0.1, 0.15) is 24.9 Å². The highest BCUT2D eigenvalue weighted by molar-refractivity contribution is 7.99. The van der Waals surface area contributed by atoms with Gasteiger partial charge < -0.3 is 35.7 Å². The largest absolute Gasteiger partial charge is 0.392 e. The Hall–Kier alpha value is -2.54. The normalized spacial score (nSPS) is 20.7. The van der Waals surface area contributed by atoms with Crippen LogP contribution in [-0.2, 0) is 4.79 Å². The van der Waals surface area contributed by atoms with E-state index in [-0.39, 0.29) is 5.41 Å². The summed E-state index contributed by atoms with van der Waals surface area (Å²) in [6.45, 7) is 3.62. The zero-order valence-electron chi connectivity index (χ0n) is 25.5. The van der Waals surface area contributed by atoms with Crippen LogP contribution in [0.3, 0.4) is 0 Å². The van der Waals surface area contributed by atoms with Crippen LogP contribution >= 0.6 is 11.8 Å². The van der Waals surface area contributed by atoms with E-state index in [2.05, 4.69) is 42.5 Å². The number of carbonyl (C=O) groups excluding carboxylic acids is 1. The highest BCUT2D eigenvalue weighted by Gasteiger charge is 2.45. The van der Waals surface area contributed by atoms with Gasteiger partial charge in [0.2, 0.25) is 0 Å². The van der Waals surface area contributed by atoms with Gasteiger partial charge in [0.05, 0.1) is 6.10 Å². The second-order valence-electron chi connectivity index (χ2n) is 11.8. The molecule has 0 fully saturated rings. The zero-order valence-corrected chi connectivity index (χ0v) is 26.3. The van der Waals surface area contributed by atoms with E-state index < -0.39 is 48.9 Å². The molecule has 0 radical (unpaired) electrons. The molecule has 0 saturated heterocycles. The van der Waals surface area contributed by atoms with Crippen molar-refractivity contribution in [1.82, 2.24) is 0 Å². The minimum absolute atomic E-state index is 0.314. The third kappa shape index (κ3) is 8.34. The van der Waals surface area contributed by atoms with E-state index in [0.29, 0.717) is 5.69 Å². The van der Waals surface area contributed by atoms with Gasteiger partial charge >= 0.3 is 0 Å². The maximum atomic E-state index is 12.8. The van der Waals surface area contributed by atoms with Crippen molar-refractivity contribution in [3.05, 3.63) is 58.5 Å². The maximum Gasteiger partial charge on any atom is 0.256 e. The molecule has 6 N–H and O–H groups in total. The van der Waals surface area contributed by atoms with Crippen molar-refractivity contribution in [1.29, 1.82) is 0 Å². The topological polar surface area (TPSA) is 163 Å². The summed E-state index contributed by atoms with van der Waals surface area (Å²) < 4.78 is 0. The summed E-state index contributed by atoms with van der Waals surface area (Å²) in [5.74, 6) is -0.589. The van der Waals surface area contributed by atoms with Crippen molar-refractivity contribution in [3.8, 4) is 0 Å². The van der Waals surface area contributed by atoms with E-state index in [1.54, 1.807) is 30.0 Å². The molecule has 1 amide bonds. The van der Waals surface area contributed by atoms with E-state index in [1.807, 2.05) is 25.1 Å². The highest BCUT2D eigenvalue weighted by Crippen LogP contribution is 2.52. The predicted octanol–water partition coefficient (Wildman–Crippen LogP) is 3.87. The molecule has 0 saturated carbocycles. The molecule has 1 aliphatic rings. The monoisotopic (exact) mass is 617 g/mol. The number of nitroso groups, excluding NO2 is 1. The van der Waals surface area contributed by atoms with Crippen LogP contribution in [0, 0.1) is 10.3 Å². The summed E-state index contributed by atoms with van der Waals surface area (Å²) in [7, 11) is 3.95. The number of aliphatic hydroxyl groups is 5. The van der Waals surface area contributed by atoms with Gasteiger partial charge in [-0.2, -0.15) is 4.91 Å². The number of amides is 1. The molecule has 0 aromatic heterocycles. The number of nitrogens with one attached hydrogen (secondary N) is 1. The molecule has 2 aromatic rings. The van der Waals surface area contributed by atoms with Crippen LogP contribution in [0.4, 0.5) is 11.4 Å². The van der Waals surface area contributed by atoms with Gasteiger partial charge in [0.25, 0.3) is 5.91 Å². The van der Waals surface area contributed by atoms with Crippen molar-refractivity contribution in [2.45, 2.75) is 93.7 Å². The molecule has 1 heterocycles. The maximum absolute atomic E-state index is 12.8. The standard InChI is InChI=1S/C32H47N3O7S/c1-5-7-14-32(15-8-6-2)19-43-25-13-12-22(35(3)4)17-23(25)26(30(32)40)20-10-9-11-21(16-20)34-31(41)29(39)28(38)27(37)24(36)18-33-42/h9-13,16-17,24,26-30,36-40H,5-8,14-15,18-19H2,1-4H3,(H,34,41)/t24?,26?,27-,28+,29-,30?/m1/s1. The summed E-state index contributed by atoms with van der Waals surface area (Å²) in [5.41, 5.74) is 2.84. The van der Waals surface area contributed by atoms with Crippen molar-refractivity contribution in [2.75, 3.05) is 36.6 Å². The summed E-state index contributed by atoms with van der Waals surface area (Å²) >= 11 is 1.79. The van der Waals surface area contributed by atoms with Gasteiger partial charge in [-0.25, -0.2) is 0 Å². The van der Waals surface area contributed by atoms with Crippen LogP contribution < -0.4 is 10.2 Å². The Kier molecular flexibility index (Phi) is 13.0. The van der Waals surface area contributed by atoms with E-state index in [9.17, 15) is 35.2 Å². The van der Waals surface area contributed by atoms with Gasteiger partial charge in [0, 0.05) is 47.5 Å². The zero-order chi connectivity index (χ0) is 31.7. The molecule has 43 heavy (non-hydrogen) atoms. The van der Waals surface area contributed by atoms with Crippen LogP contribution in [0.5, 0.6) is 0 Å². The predicted molar refractivity (Wildman–Crippen MR) is 171 cm³/mol. The van der Waals surface area contributed by atoms with Crippen LogP contribution in [0.2, 0.25) is 0 Å². The quantitative estimate of drug-likeness (QED) is 0.163. The van der Waals surface area contributed by atoms with Crippen LogP contribution in [0.25, 0.3) is 0 Å². The Morgan fingerprint density at radius 1 is 1.05 bits per heavy atom. The summed E-state index contributed by atoms with van der Waals surface area (Å²) in [6.07, 6.45) is -2.65. The van der Waals surface area contributed by atoms with Crippen LogP contribution in [0.1, 0.15) is 69.4 Å². The summed E-state index contributed by atoms with van der Waals surface area (Å²) in [4.78, 5) is 26.4. The first-order valence-electron chi connectivity index (χ1n) is 15.0. The molecule has 11 heteroatoms. The number of nitrogens with zero attached hydrogens (tertiary/aromatic N) is 2.